The fourth-order valence-electron chi connectivity index (χ4n) is 2.61. The Labute approximate surface area is 185 Å². The first kappa shape index (κ1) is 23.0. The molecule has 0 spiro atoms. The molecule has 0 heterocycles. The highest BCUT2D eigenvalue weighted by atomic mass is 31.2. The second kappa shape index (κ2) is 11.1. The number of rotatable bonds is 10. The summed E-state index contributed by atoms with van der Waals surface area (Å²) in [6.45, 7) is 0.0513. The lowest BCUT2D eigenvalue weighted by atomic mass is 10.1. The van der Waals surface area contributed by atoms with E-state index in [1.807, 2.05) is 60.7 Å². The van der Waals surface area contributed by atoms with Crippen molar-refractivity contribution in [1.82, 2.24) is 0 Å². The van der Waals surface area contributed by atoms with Crippen molar-refractivity contribution in [2.24, 2.45) is 0 Å². The van der Waals surface area contributed by atoms with E-state index in [1.165, 1.54) is 30.3 Å². The molecule has 0 aliphatic carbocycles. The molecule has 0 bridgehead atoms. The normalized spacial score (nSPS) is 11.5. The lowest BCUT2D eigenvalue weighted by molar-refractivity contribution is -0.132. The highest BCUT2D eigenvalue weighted by Crippen LogP contribution is 2.51. The first-order valence-electron chi connectivity index (χ1n) is 9.59. The van der Waals surface area contributed by atoms with Crippen molar-refractivity contribution in [2.45, 2.75) is 13.2 Å². The monoisotopic (exact) mass is 449 g/mol. The van der Waals surface area contributed by atoms with Crippen molar-refractivity contribution >= 4 is 19.9 Å². The first-order chi connectivity index (χ1) is 15.5. The van der Waals surface area contributed by atoms with Gasteiger partial charge in [-0.05, 0) is 34.9 Å². The maximum Gasteiger partial charge on any atom is 0.530 e. The molecule has 7 nitrogen and oxygen atoms in total. The number of phosphoric acid groups is 1. The summed E-state index contributed by atoms with van der Waals surface area (Å²) >= 11 is 0. The van der Waals surface area contributed by atoms with E-state index >= 15 is 0 Å². The van der Waals surface area contributed by atoms with Gasteiger partial charge in [-0.1, -0.05) is 72.8 Å². The van der Waals surface area contributed by atoms with Crippen molar-refractivity contribution < 1.29 is 28.0 Å². The molecular formula is C24H20NO6P. The largest absolute Gasteiger partial charge is 0.530 e. The summed E-state index contributed by atoms with van der Waals surface area (Å²) in [4.78, 5) is 11.0. The van der Waals surface area contributed by atoms with Crippen molar-refractivity contribution in [2.75, 3.05) is 0 Å². The van der Waals surface area contributed by atoms with Gasteiger partial charge in [0.25, 0.3) is 0 Å². The predicted octanol–water partition coefficient (Wildman–Crippen LogP) is 5.60. The van der Waals surface area contributed by atoms with E-state index in [-0.39, 0.29) is 19.0 Å². The minimum Gasteiger partial charge on any atom is -0.477 e. The quantitative estimate of drug-likeness (QED) is 0.244. The van der Waals surface area contributed by atoms with Crippen LogP contribution in [0.5, 0.6) is 5.75 Å². The highest BCUT2D eigenvalue weighted by molar-refractivity contribution is 7.48. The van der Waals surface area contributed by atoms with Crippen LogP contribution in [0.2, 0.25) is 0 Å². The van der Waals surface area contributed by atoms with Crippen molar-refractivity contribution in [3.8, 4) is 11.8 Å². The average Bonchev–Trinajstić information content (AvgIpc) is 2.82. The molecule has 32 heavy (non-hydrogen) atoms. The zero-order valence-electron chi connectivity index (χ0n) is 17.0. The number of nitrogens with zero attached hydrogens (tertiary/aromatic N) is 1. The summed E-state index contributed by atoms with van der Waals surface area (Å²) in [6, 6.07) is 26.1. The van der Waals surface area contributed by atoms with Crippen molar-refractivity contribution in [3.63, 3.8) is 0 Å². The Morgan fingerprint density at radius 2 is 1.38 bits per heavy atom. The Hall–Kier alpha value is -3.69. The lowest BCUT2D eigenvalue weighted by Gasteiger charge is -2.19. The number of hydrogen-bond donors (Lipinski definition) is 1. The van der Waals surface area contributed by atoms with E-state index in [0.717, 1.165) is 11.1 Å². The third kappa shape index (κ3) is 6.93. The van der Waals surface area contributed by atoms with Crippen LogP contribution in [-0.4, -0.2) is 11.1 Å². The molecule has 8 heteroatoms. The molecule has 0 unspecified atom stereocenters. The molecule has 0 aliphatic heterocycles. The molecule has 1 N–H and O–H groups in total. The van der Waals surface area contributed by atoms with Crippen LogP contribution in [0.4, 0.5) is 0 Å². The number of carboxylic acids is 1. The third-order valence-corrected chi connectivity index (χ3v) is 5.55. The molecule has 0 aliphatic rings. The molecule has 0 atom stereocenters. The SMILES string of the molecule is N#CC(=Cc1ccc(OP(=O)(OCc2ccccc2)OCc2ccccc2)cc1)C(=O)O. The third-order valence-electron chi connectivity index (χ3n) is 4.22. The molecule has 162 valence electrons. The van der Waals surface area contributed by atoms with Crippen LogP contribution in [0.25, 0.3) is 6.08 Å². The second-order valence-electron chi connectivity index (χ2n) is 6.60. The predicted molar refractivity (Wildman–Crippen MR) is 118 cm³/mol. The molecule has 0 fully saturated rings. The van der Waals surface area contributed by atoms with Gasteiger partial charge in [0.1, 0.15) is 17.4 Å². The number of nitriles is 1. The van der Waals surface area contributed by atoms with Crippen molar-refractivity contribution in [1.29, 1.82) is 5.26 Å². The summed E-state index contributed by atoms with van der Waals surface area (Å²) in [5.74, 6) is -1.11. The van der Waals surface area contributed by atoms with E-state index in [0.29, 0.717) is 5.56 Å². The van der Waals surface area contributed by atoms with E-state index in [4.69, 9.17) is 23.9 Å². The number of phosphoric ester groups is 1. The number of hydrogen-bond acceptors (Lipinski definition) is 6. The van der Waals surface area contributed by atoms with Gasteiger partial charge in [0, 0.05) is 0 Å². The van der Waals surface area contributed by atoms with E-state index < -0.39 is 19.4 Å². The summed E-state index contributed by atoms with van der Waals surface area (Å²) in [5.41, 5.74) is 1.68. The molecule has 0 saturated carbocycles. The van der Waals surface area contributed by atoms with Gasteiger partial charge in [-0.3, -0.25) is 9.05 Å². The minimum atomic E-state index is -4.00. The minimum absolute atomic E-state index is 0.0257. The maximum absolute atomic E-state index is 13.3. The fourth-order valence-corrected chi connectivity index (χ4v) is 3.78. The van der Waals surface area contributed by atoms with Crippen LogP contribution in [0.3, 0.4) is 0 Å². The number of aliphatic carboxylic acids is 1. The van der Waals surface area contributed by atoms with Gasteiger partial charge in [0.2, 0.25) is 0 Å². The molecule has 3 rings (SSSR count). The molecule has 0 amide bonds. The second-order valence-corrected chi connectivity index (χ2v) is 8.19. The Kier molecular flexibility index (Phi) is 7.96. The summed E-state index contributed by atoms with van der Waals surface area (Å²) in [7, 11) is -4.00. The van der Waals surface area contributed by atoms with Crippen LogP contribution in [0.15, 0.2) is 90.5 Å². The molecule has 0 aromatic heterocycles. The zero-order chi connectivity index (χ0) is 22.8. The lowest BCUT2D eigenvalue weighted by Crippen LogP contribution is -2.03. The Morgan fingerprint density at radius 1 is 0.875 bits per heavy atom. The van der Waals surface area contributed by atoms with E-state index in [1.54, 1.807) is 6.07 Å². The maximum atomic E-state index is 13.3. The van der Waals surface area contributed by atoms with Gasteiger partial charge >= 0.3 is 13.8 Å². The summed E-state index contributed by atoms with van der Waals surface area (Å²) < 4.78 is 30.0. The van der Waals surface area contributed by atoms with E-state index in [9.17, 15) is 9.36 Å². The molecular weight excluding hydrogens is 429 g/mol. The number of carboxylic acid groups (broad SMARTS) is 1. The number of carbonyl (C=O) groups is 1. The topological polar surface area (TPSA) is 106 Å². The average molecular weight is 449 g/mol. The standard InChI is InChI=1S/C24H20NO6P/c25-16-22(24(26)27)15-19-11-13-23(14-12-19)31-32(28,29-17-20-7-3-1-4-8-20)30-18-21-9-5-2-6-10-21/h1-15H,17-18H2,(H,26,27). The fraction of sp³-hybridized carbons (Fsp3) is 0.0833. The van der Waals surface area contributed by atoms with Gasteiger partial charge < -0.3 is 9.63 Å². The summed E-state index contributed by atoms with van der Waals surface area (Å²) in [5, 5.41) is 17.8. The van der Waals surface area contributed by atoms with Gasteiger partial charge in [-0.15, -0.1) is 0 Å². The van der Waals surface area contributed by atoms with Crippen LogP contribution in [-0.2, 0) is 31.6 Å². The van der Waals surface area contributed by atoms with Crippen LogP contribution in [0.1, 0.15) is 16.7 Å². The highest BCUT2D eigenvalue weighted by Gasteiger charge is 2.29. The van der Waals surface area contributed by atoms with Crippen LogP contribution >= 0.6 is 7.82 Å². The Balaban J connectivity index is 1.75. The van der Waals surface area contributed by atoms with E-state index in [2.05, 4.69) is 0 Å². The Morgan fingerprint density at radius 3 is 1.81 bits per heavy atom. The van der Waals surface area contributed by atoms with Gasteiger partial charge in [0.05, 0.1) is 13.2 Å². The molecule has 3 aromatic carbocycles. The number of benzene rings is 3. The Bertz CT molecular complexity index is 1110. The van der Waals surface area contributed by atoms with Gasteiger partial charge in [-0.2, -0.15) is 5.26 Å². The van der Waals surface area contributed by atoms with Gasteiger partial charge in [0.15, 0.2) is 0 Å². The molecule has 3 aromatic rings. The molecule has 0 radical (unpaired) electrons. The van der Waals surface area contributed by atoms with Crippen LogP contribution < -0.4 is 4.52 Å². The zero-order valence-corrected chi connectivity index (χ0v) is 17.9. The first-order valence-corrected chi connectivity index (χ1v) is 11.1. The van der Waals surface area contributed by atoms with Crippen LogP contribution in [0, 0.1) is 11.3 Å². The van der Waals surface area contributed by atoms with Crippen molar-refractivity contribution in [3.05, 3.63) is 107 Å². The smallest absolute Gasteiger partial charge is 0.477 e. The summed E-state index contributed by atoms with van der Waals surface area (Å²) in [6.07, 6.45) is 1.23. The molecule has 0 saturated heterocycles. The van der Waals surface area contributed by atoms with Gasteiger partial charge in [-0.25, -0.2) is 9.36 Å².